The summed E-state index contributed by atoms with van der Waals surface area (Å²) in [5.74, 6) is 0. The summed E-state index contributed by atoms with van der Waals surface area (Å²) in [5, 5.41) is 3.27. The highest BCUT2D eigenvalue weighted by Gasteiger charge is 2.47. The van der Waals surface area contributed by atoms with Crippen molar-refractivity contribution in [2.45, 2.75) is 44.9 Å². The number of ether oxygens (including phenoxy) is 1. The Balaban J connectivity index is 1.56. The number of benzene rings is 2. The first kappa shape index (κ1) is 19.7. The number of piperazine rings is 1. The first-order valence-corrected chi connectivity index (χ1v) is 10.8. The summed E-state index contributed by atoms with van der Waals surface area (Å²) in [6.07, 6.45) is 1.62. The first-order chi connectivity index (χ1) is 14.9. The lowest BCUT2D eigenvalue weighted by molar-refractivity contribution is 0.0208. The van der Waals surface area contributed by atoms with Gasteiger partial charge in [0, 0.05) is 23.1 Å². The molecule has 6 nitrogen and oxygen atoms in total. The average molecular weight is 418 g/mol. The maximum absolute atomic E-state index is 12.7. The molecular formula is C25H27N3O3. The van der Waals surface area contributed by atoms with Crippen LogP contribution in [-0.2, 0) is 4.74 Å². The predicted octanol–water partition coefficient (Wildman–Crippen LogP) is 4.45. The van der Waals surface area contributed by atoms with Gasteiger partial charge in [-0.25, -0.2) is 4.79 Å². The number of hydrogen-bond donors (Lipinski definition) is 0. The molecule has 2 bridgehead atoms. The van der Waals surface area contributed by atoms with Crippen LogP contribution in [0.2, 0.25) is 0 Å². The second-order valence-corrected chi connectivity index (χ2v) is 9.37. The van der Waals surface area contributed by atoms with E-state index in [4.69, 9.17) is 4.74 Å². The monoisotopic (exact) mass is 417 g/mol. The average Bonchev–Trinajstić information content (AvgIpc) is 3.43. The number of aldehydes is 1. The quantitative estimate of drug-likeness (QED) is 0.591. The molecule has 3 heterocycles. The van der Waals surface area contributed by atoms with E-state index in [1.165, 1.54) is 0 Å². The standard InChI is InChI=1S/C25H27N3O3/c1-25(2,3)31-24(30)26-14-19-13-18(26)15-27(19)28-22-12-8-7-11-20(22)21(16-29)23(28)17-9-5-4-6-10-17/h4-12,16,18-19H,13-15H2,1-3H3. The third-order valence-electron chi connectivity index (χ3n) is 6.15. The molecule has 0 spiro atoms. The van der Waals surface area contributed by atoms with Crippen molar-refractivity contribution >= 4 is 23.3 Å². The number of carbonyl (C=O) groups excluding carboxylic acids is 2. The lowest BCUT2D eigenvalue weighted by Crippen LogP contribution is -2.53. The van der Waals surface area contributed by atoms with Gasteiger partial charge in [-0.2, -0.15) is 0 Å². The highest BCUT2D eigenvalue weighted by molar-refractivity contribution is 6.05. The van der Waals surface area contributed by atoms with Crippen molar-refractivity contribution in [3.63, 3.8) is 0 Å². The van der Waals surface area contributed by atoms with Crippen molar-refractivity contribution in [3.8, 4) is 11.3 Å². The number of hydrogen-bond acceptors (Lipinski definition) is 4. The molecule has 0 saturated carbocycles. The van der Waals surface area contributed by atoms with Crippen LogP contribution >= 0.6 is 0 Å². The molecular weight excluding hydrogens is 390 g/mol. The van der Waals surface area contributed by atoms with Gasteiger partial charge in [-0.15, -0.1) is 0 Å². The molecule has 1 amide bonds. The van der Waals surface area contributed by atoms with E-state index in [2.05, 4.69) is 15.8 Å². The van der Waals surface area contributed by atoms with Crippen molar-refractivity contribution in [1.29, 1.82) is 0 Å². The van der Waals surface area contributed by atoms with Crippen LogP contribution < -0.4 is 5.01 Å². The molecule has 0 aliphatic carbocycles. The maximum Gasteiger partial charge on any atom is 0.410 e. The fraction of sp³-hybridized carbons (Fsp3) is 0.360. The molecule has 3 aromatic rings. The molecule has 2 fully saturated rings. The van der Waals surface area contributed by atoms with Gasteiger partial charge in [-0.1, -0.05) is 48.5 Å². The Morgan fingerprint density at radius 1 is 1.00 bits per heavy atom. The van der Waals surface area contributed by atoms with Gasteiger partial charge in [0.25, 0.3) is 0 Å². The van der Waals surface area contributed by atoms with E-state index in [0.717, 1.165) is 34.9 Å². The number of carbonyl (C=O) groups is 2. The Morgan fingerprint density at radius 3 is 2.35 bits per heavy atom. The van der Waals surface area contributed by atoms with E-state index in [1.807, 2.05) is 74.2 Å². The summed E-state index contributed by atoms with van der Waals surface area (Å²) in [7, 11) is 0. The minimum Gasteiger partial charge on any atom is -0.444 e. The molecule has 2 aliphatic heterocycles. The second-order valence-electron chi connectivity index (χ2n) is 9.37. The van der Waals surface area contributed by atoms with Gasteiger partial charge in [0.1, 0.15) is 5.60 Å². The van der Waals surface area contributed by atoms with Crippen molar-refractivity contribution < 1.29 is 14.3 Å². The fourth-order valence-electron chi connectivity index (χ4n) is 4.94. The molecule has 2 aromatic carbocycles. The zero-order chi connectivity index (χ0) is 21.8. The number of amides is 1. The minimum atomic E-state index is -0.505. The van der Waals surface area contributed by atoms with Crippen LogP contribution in [0.3, 0.4) is 0 Å². The third kappa shape index (κ3) is 3.26. The number of nitrogens with zero attached hydrogens (tertiary/aromatic N) is 3. The third-order valence-corrected chi connectivity index (χ3v) is 6.15. The smallest absolute Gasteiger partial charge is 0.410 e. The van der Waals surface area contributed by atoms with Crippen LogP contribution in [0.1, 0.15) is 37.6 Å². The largest absolute Gasteiger partial charge is 0.444 e. The Labute approximate surface area is 182 Å². The second kappa shape index (κ2) is 7.15. The number of rotatable bonds is 3. The molecule has 2 aliphatic rings. The predicted molar refractivity (Wildman–Crippen MR) is 121 cm³/mol. The van der Waals surface area contributed by atoms with E-state index >= 15 is 0 Å². The SMILES string of the molecule is CC(C)(C)OC(=O)N1CC2CC1CN2n1c(-c2ccccc2)c(C=O)c2ccccc21. The van der Waals surface area contributed by atoms with Gasteiger partial charge in [0.2, 0.25) is 0 Å². The lowest BCUT2D eigenvalue weighted by Gasteiger charge is -2.38. The van der Waals surface area contributed by atoms with Gasteiger partial charge in [0.15, 0.2) is 6.29 Å². The molecule has 0 radical (unpaired) electrons. The van der Waals surface area contributed by atoms with Crippen LogP contribution in [0.5, 0.6) is 0 Å². The Morgan fingerprint density at radius 2 is 1.71 bits per heavy atom. The number of likely N-dealkylation sites (tertiary alicyclic amines) is 1. The zero-order valence-corrected chi connectivity index (χ0v) is 18.1. The van der Waals surface area contributed by atoms with E-state index in [-0.39, 0.29) is 18.2 Å². The Bertz CT molecular complexity index is 1150. The van der Waals surface area contributed by atoms with E-state index in [9.17, 15) is 9.59 Å². The lowest BCUT2D eigenvalue weighted by atomic mass is 10.1. The van der Waals surface area contributed by atoms with Crippen LogP contribution in [0.15, 0.2) is 54.6 Å². The van der Waals surface area contributed by atoms with E-state index < -0.39 is 5.60 Å². The van der Waals surface area contributed by atoms with Gasteiger partial charge in [0.05, 0.1) is 29.8 Å². The molecule has 0 N–H and O–H groups in total. The molecule has 31 heavy (non-hydrogen) atoms. The Hall–Kier alpha value is -3.28. The summed E-state index contributed by atoms with van der Waals surface area (Å²) in [5.41, 5.74) is 3.13. The molecule has 5 rings (SSSR count). The fourth-order valence-corrected chi connectivity index (χ4v) is 4.94. The summed E-state index contributed by atoms with van der Waals surface area (Å²) in [4.78, 5) is 26.7. The molecule has 2 unspecified atom stereocenters. The van der Waals surface area contributed by atoms with Crippen LogP contribution in [0, 0.1) is 0 Å². The summed E-state index contributed by atoms with van der Waals surface area (Å²) in [6, 6.07) is 18.4. The van der Waals surface area contributed by atoms with Crippen molar-refractivity contribution in [3.05, 3.63) is 60.2 Å². The van der Waals surface area contributed by atoms with Crippen molar-refractivity contribution in [2.24, 2.45) is 0 Å². The van der Waals surface area contributed by atoms with Crippen LogP contribution in [0.4, 0.5) is 4.79 Å². The molecule has 2 atom stereocenters. The van der Waals surface area contributed by atoms with Gasteiger partial charge < -0.3 is 14.6 Å². The van der Waals surface area contributed by atoms with Crippen LogP contribution in [0.25, 0.3) is 22.2 Å². The number of fused-ring (bicyclic) bond motifs is 3. The molecule has 6 heteroatoms. The number of aromatic nitrogens is 1. The molecule has 1 aromatic heterocycles. The summed E-state index contributed by atoms with van der Waals surface area (Å²) in [6.45, 7) is 7.01. The first-order valence-electron chi connectivity index (χ1n) is 10.8. The van der Waals surface area contributed by atoms with Gasteiger partial charge in [-0.05, 0) is 33.3 Å². The molecule has 160 valence electrons. The zero-order valence-electron chi connectivity index (χ0n) is 18.1. The maximum atomic E-state index is 12.7. The summed E-state index contributed by atoms with van der Waals surface area (Å²) < 4.78 is 7.82. The van der Waals surface area contributed by atoms with Crippen molar-refractivity contribution in [2.75, 3.05) is 18.1 Å². The summed E-state index contributed by atoms with van der Waals surface area (Å²) >= 11 is 0. The normalized spacial score (nSPS) is 20.5. The highest BCUT2D eigenvalue weighted by Crippen LogP contribution is 2.38. The van der Waals surface area contributed by atoms with E-state index in [1.54, 1.807) is 0 Å². The van der Waals surface area contributed by atoms with E-state index in [0.29, 0.717) is 18.7 Å². The molecule has 2 saturated heterocycles. The Kier molecular flexibility index (Phi) is 4.54. The number of para-hydroxylation sites is 1. The van der Waals surface area contributed by atoms with Gasteiger partial charge in [-0.3, -0.25) is 9.47 Å². The van der Waals surface area contributed by atoms with Crippen LogP contribution in [-0.4, -0.2) is 52.7 Å². The van der Waals surface area contributed by atoms with Gasteiger partial charge >= 0.3 is 6.09 Å². The minimum absolute atomic E-state index is 0.101. The topological polar surface area (TPSA) is 54.8 Å². The highest BCUT2D eigenvalue weighted by atomic mass is 16.6. The van der Waals surface area contributed by atoms with Crippen molar-refractivity contribution in [1.82, 2.24) is 9.58 Å².